The second kappa shape index (κ2) is 9.53. The summed E-state index contributed by atoms with van der Waals surface area (Å²) >= 11 is 0. The van der Waals surface area contributed by atoms with Crippen molar-refractivity contribution in [2.75, 3.05) is 6.61 Å². The molecule has 0 amide bonds. The van der Waals surface area contributed by atoms with Crippen molar-refractivity contribution in [2.24, 2.45) is 5.73 Å². The first kappa shape index (κ1) is 21.1. The average Bonchev–Trinajstić information content (AvgIpc) is 2.53. The summed E-state index contributed by atoms with van der Waals surface area (Å²) in [5, 5.41) is 0. The van der Waals surface area contributed by atoms with Gasteiger partial charge in [0.1, 0.15) is 6.61 Å². The normalized spacial score (nSPS) is 12.2. The molecule has 0 aliphatic carbocycles. The molecular weight excluding hydrogens is 355 g/mol. The van der Waals surface area contributed by atoms with Crippen LogP contribution in [0, 0.1) is 0 Å². The zero-order valence-electron chi connectivity index (χ0n) is 13.8. The molecule has 0 aliphatic heterocycles. The van der Waals surface area contributed by atoms with Crippen molar-refractivity contribution in [1.29, 1.82) is 0 Å². The third-order valence-electron chi connectivity index (χ3n) is 3.38. The Morgan fingerprint density at radius 2 is 1.68 bits per heavy atom. The fourth-order valence-electron chi connectivity index (χ4n) is 2.25. The molecule has 138 valence electrons. The lowest BCUT2D eigenvalue weighted by atomic mass is 10.0. The Balaban J connectivity index is 0.00000312. The third kappa shape index (κ3) is 6.84. The Morgan fingerprint density at radius 3 is 2.28 bits per heavy atom. The fourth-order valence-corrected chi connectivity index (χ4v) is 2.25. The summed E-state index contributed by atoms with van der Waals surface area (Å²) < 4.78 is 48.7. The Kier molecular flexibility index (Phi) is 8.06. The average molecular weight is 376 g/mol. The van der Waals surface area contributed by atoms with Gasteiger partial charge in [0.2, 0.25) is 0 Å². The monoisotopic (exact) mass is 375 g/mol. The number of halogens is 4. The van der Waals surface area contributed by atoms with Crippen LogP contribution in [0.2, 0.25) is 0 Å². The van der Waals surface area contributed by atoms with Gasteiger partial charge < -0.3 is 15.2 Å². The van der Waals surface area contributed by atoms with Crippen LogP contribution in [0.25, 0.3) is 0 Å². The summed E-state index contributed by atoms with van der Waals surface area (Å²) in [6.45, 7) is 2.51. The first-order chi connectivity index (χ1) is 11.4. The molecule has 2 aromatic rings. The van der Waals surface area contributed by atoms with E-state index in [2.05, 4.69) is 0 Å². The van der Waals surface area contributed by atoms with Crippen LogP contribution >= 0.6 is 12.4 Å². The van der Waals surface area contributed by atoms with Gasteiger partial charge in [-0.3, -0.25) is 0 Å². The van der Waals surface area contributed by atoms with Gasteiger partial charge in [0.25, 0.3) is 0 Å². The third-order valence-corrected chi connectivity index (χ3v) is 3.38. The van der Waals surface area contributed by atoms with Crippen molar-refractivity contribution in [1.82, 2.24) is 0 Å². The van der Waals surface area contributed by atoms with Crippen LogP contribution in [-0.2, 0) is 6.61 Å². The number of hydrogen-bond donors (Lipinski definition) is 1. The summed E-state index contributed by atoms with van der Waals surface area (Å²) in [6, 6.07) is 13.1. The second-order valence-electron chi connectivity index (χ2n) is 5.34. The minimum atomic E-state index is -4.31. The first-order valence-electron chi connectivity index (χ1n) is 7.65. The van der Waals surface area contributed by atoms with Crippen molar-refractivity contribution in [2.45, 2.75) is 32.2 Å². The summed E-state index contributed by atoms with van der Waals surface area (Å²) in [4.78, 5) is 0. The van der Waals surface area contributed by atoms with Gasteiger partial charge in [-0.05, 0) is 30.2 Å². The van der Waals surface area contributed by atoms with Crippen molar-refractivity contribution < 1.29 is 22.6 Å². The Hall–Kier alpha value is -1.92. The SMILES string of the molecule is CCOc1cc([C@@H](N)CC(F)(F)F)ccc1OCc1ccccc1.Cl. The maximum absolute atomic E-state index is 12.5. The fraction of sp³-hybridized carbons (Fsp3) is 0.333. The van der Waals surface area contributed by atoms with Gasteiger partial charge in [-0.2, -0.15) is 13.2 Å². The molecule has 7 heteroatoms. The molecule has 0 aliphatic rings. The van der Waals surface area contributed by atoms with E-state index in [-0.39, 0.29) is 12.4 Å². The van der Waals surface area contributed by atoms with Crippen molar-refractivity contribution in [3.8, 4) is 11.5 Å². The number of rotatable bonds is 7. The van der Waals surface area contributed by atoms with Crippen molar-refractivity contribution in [3.05, 3.63) is 59.7 Å². The lowest BCUT2D eigenvalue weighted by Crippen LogP contribution is -2.20. The molecule has 25 heavy (non-hydrogen) atoms. The first-order valence-corrected chi connectivity index (χ1v) is 7.65. The topological polar surface area (TPSA) is 44.5 Å². The molecule has 2 rings (SSSR count). The van der Waals surface area contributed by atoms with Crippen LogP contribution in [0.4, 0.5) is 13.2 Å². The van der Waals surface area contributed by atoms with E-state index in [4.69, 9.17) is 15.2 Å². The van der Waals surface area contributed by atoms with E-state index in [9.17, 15) is 13.2 Å². The second-order valence-corrected chi connectivity index (χ2v) is 5.34. The number of nitrogens with two attached hydrogens (primary N) is 1. The van der Waals surface area contributed by atoms with E-state index >= 15 is 0 Å². The Morgan fingerprint density at radius 1 is 1.00 bits per heavy atom. The summed E-state index contributed by atoms with van der Waals surface area (Å²) in [5.74, 6) is 0.868. The zero-order valence-corrected chi connectivity index (χ0v) is 14.6. The van der Waals surface area contributed by atoms with Gasteiger partial charge in [-0.15, -0.1) is 12.4 Å². The molecule has 0 spiro atoms. The highest BCUT2D eigenvalue weighted by molar-refractivity contribution is 5.85. The highest BCUT2D eigenvalue weighted by Gasteiger charge is 2.31. The summed E-state index contributed by atoms with van der Waals surface area (Å²) in [6.07, 6.45) is -5.39. The van der Waals surface area contributed by atoms with Gasteiger partial charge in [0.05, 0.1) is 13.0 Å². The molecular formula is C18H21ClF3NO2. The molecule has 0 saturated heterocycles. The molecule has 0 heterocycles. The number of hydrogen-bond acceptors (Lipinski definition) is 3. The number of alkyl halides is 3. The molecule has 1 atom stereocenters. The van der Waals surface area contributed by atoms with Crippen LogP contribution in [0.1, 0.15) is 30.5 Å². The van der Waals surface area contributed by atoms with Crippen LogP contribution in [-0.4, -0.2) is 12.8 Å². The van der Waals surface area contributed by atoms with Gasteiger partial charge in [-0.1, -0.05) is 36.4 Å². The number of benzene rings is 2. The van der Waals surface area contributed by atoms with Gasteiger partial charge in [0, 0.05) is 6.04 Å². The summed E-state index contributed by atoms with van der Waals surface area (Å²) in [7, 11) is 0. The Labute approximate surface area is 151 Å². The van der Waals surface area contributed by atoms with Crippen LogP contribution in [0.15, 0.2) is 48.5 Å². The van der Waals surface area contributed by atoms with Crippen LogP contribution in [0.3, 0.4) is 0 Å². The molecule has 0 fully saturated rings. The quantitative estimate of drug-likeness (QED) is 0.737. The predicted molar refractivity (Wildman–Crippen MR) is 93.2 cm³/mol. The molecule has 0 saturated carbocycles. The van der Waals surface area contributed by atoms with Gasteiger partial charge in [-0.25, -0.2) is 0 Å². The van der Waals surface area contributed by atoms with E-state index in [1.807, 2.05) is 30.3 Å². The standard InChI is InChI=1S/C18H20F3NO2.ClH/c1-2-23-17-10-14(15(22)11-18(19,20)21)8-9-16(17)24-12-13-6-4-3-5-7-13;/h3-10,15H,2,11-12,22H2,1H3;1H/t15-;/m0./s1. The van der Waals surface area contributed by atoms with Crippen molar-refractivity contribution in [3.63, 3.8) is 0 Å². The van der Waals surface area contributed by atoms with E-state index in [1.165, 1.54) is 6.07 Å². The van der Waals surface area contributed by atoms with E-state index in [0.29, 0.717) is 30.3 Å². The molecule has 2 N–H and O–H groups in total. The highest BCUT2D eigenvalue weighted by atomic mass is 35.5. The molecule has 0 radical (unpaired) electrons. The summed E-state index contributed by atoms with van der Waals surface area (Å²) in [5.41, 5.74) is 6.99. The minimum Gasteiger partial charge on any atom is -0.490 e. The molecule has 2 aromatic carbocycles. The maximum atomic E-state index is 12.5. The highest BCUT2D eigenvalue weighted by Crippen LogP contribution is 2.34. The number of ether oxygens (including phenoxy) is 2. The lowest BCUT2D eigenvalue weighted by molar-refractivity contribution is -0.138. The predicted octanol–water partition coefficient (Wildman–Crippen LogP) is 5.04. The van der Waals surface area contributed by atoms with Crippen LogP contribution in [0.5, 0.6) is 11.5 Å². The minimum absolute atomic E-state index is 0. The van der Waals surface area contributed by atoms with E-state index < -0.39 is 18.6 Å². The lowest BCUT2D eigenvalue weighted by Gasteiger charge is -2.18. The maximum Gasteiger partial charge on any atom is 0.390 e. The van der Waals surface area contributed by atoms with Crippen LogP contribution < -0.4 is 15.2 Å². The zero-order chi connectivity index (χ0) is 17.6. The van der Waals surface area contributed by atoms with E-state index in [1.54, 1.807) is 19.1 Å². The molecule has 0 unspecified atom stereocenters. The Bertz CT molecular complexity index is 651. The van der Waals surface area contributed by atoms with Gasteiger partial charge in [0.15, 0.2) is 11.5 Å². The largest absolute Gasteiger partial charge is 0.490 e. The van der Waals surface area contributed by atoms with Gasteiger partial charge >= 0.3 is 6.18 Å². The van der Waals surface area contributed by atoms with E-state index in [0.717, 1.165) is 5.56 Å². The van der Waals surface area contributed by atoms with Crippen molar-refractivity contribution >= 4 is 12.4 Å². The smallest absolute Gasteiger partial charge is 0.390 e. The molecule has 0 bridgehead atoms. The molecule has 0 aromatic heterocycles. The molecule has 3 nitrogen and oxygen atoms in total.